The van der Waals surface area contributed by atoms with E-state index >= 15 is 0 Å². The Morgan fingerprint density at radius 3 is 1.92 bits per heavy atom. The topological polar surface area (TPSA) is 0 Å². The van der Waals surface area contributed by atoms with Crippen molar-refractivity contribution in [3.8, 4) is 0 Å². The van der Waals surface area contributed by atoms with Crippen LogP contribution >= 0.6 is 0 Å². The molecule has 0 saturated carbocycles. The Bertz CT molecular complexity index is 74.1. The number of hydrogen-bond acceptors (Lipinski definition) is 0. The Morgan fingerprint density at radius 2 is 1.42 bits per heavy atom. The first kappa shape index (κ1) is 14.3. The minimum absolute atomic E-state index is 0. The summed E-state index contributed by atoms with van der Waals surface area (Å²) in [6, 6.07) is 0. The first-order chi connectivity index (χ1) is 5.41. The van der Waals surface area contributed by atoms with E-state index in [0.29, 0.717) is 0 Å². The van der Waals surface area contributed by atoms with Crippen LogP contribution in [-0.2, 0) is 0 Å². The minimum Gasteiger partial charge on any atom is -0.103 e. The molecule has 12 heavy (non-hydrogen) atoms. The highest BCUT2D eigenvalue weighted by Gasteiger charge is 1.88. The normalized spacial score (nSPS) is 9.08. The van der Waals surface area contributed by atoms with Crippen molar-refractivity contribution in [3.63, 3.8) is 0 Å². The molecule has 0 rings (SSSR count). The van der Waals surface area contributed by atoms with Crippen molar-refractivity contribution in [2.75, 3.05) is 0 Å². The van der Waals surface area contributed by atoms with E-state index in [1.54, 1.807) is 0 Å². The van der Waals surface area contributed by atoms with E-state index in [2.05, 4.69) is 13.5 Å². The highest BCUT2D eigenvalue weighted by Crippen LogP contribution is 2.07. The monoisotopic (exact) mass is 166 g/mol. The molecule has 70 valence electrons. The lowest BCUT2D eigenvalue weighted by molar-refractivity contribution is 0.592. The lowest BCUT2D eigenvalue weighted by Crippen LogP contribution is -1.78. The van der Waals surface area contributed by atoms with E-state index in [4.69, 9.17) is 0 Å². The molecular formula is C12H22. The second-order valence-corrected chi connectivity index (χ2v) is 3.20. The molecule has 0 nitrogen and oxygen atoms in total. The summed E-state index contributed by atoms with van der Waals surface area (Å²) in [6.45, 7) is 5.97. The van der Waals surface area contributed by atoms with Gasteiger partial charge >= 0.3 is 0 Å². The maximum Gasteiger partial charge on any atom is 0 e. The zero-order valence-corrected chi connectivity index (χ0v) is 8.44. The van der Waals surface area contributed by atoms with Gasteiger partial charge in [-0.2, -0.15) is 0 Å². The summed E-state index contributed by atoms with van der Waals surface area (Å²) in [5, 5.41) is 0. The average molecular weight is 166 g/mol. The largest absolute Gasteiger partial charge is 0.103 e. The molecule has 0 atom stereocenters. The Labute approximate surface area is 79.1 Å². The van der Waals surface area contributed by atoms with Crippen LogP contribution in [0.25, 0.3) is 0 Å². The van der Waals surface area contributed by atoms with Gasteiger partial charge in [0, 0.05) is 7.43 Å². The summed E-state index contributed by atoms with van der Waals surface area (Å²) in [6.07, 6.45) is 13.0. The Kier molecular flexibility index (Phi) is 15.9. The van der Waals surface area contributed by atoms with Crippen molar-refractivity contribution in [1.29, 1.82) is 0 Å². The predicted molar refractivity (Wildman–Crippen MR) is 56.1 cm³/mol. The molecule has 0 fully saturated rings. The van der Waals surface area contributed by atoms with Crippen LogP contribution < -0.4 is 0 Å². The van der Waals surface area contributed by atoms with Crippen LogP contribution in [0.3, 0.4) is 0 Å². The molecule has 0 aliphatic heterocycles. The van der Waals surface area contributed by atoms with E-state index in [-0.39, 0.29) is 7.43 Å². The number of hydrogen-bond donors (Lipinski definition) is 0. The molecular weight excluding hydrogens is 144 g/mol. The van der Waals surface area contributed by atoms with Gasteiger partial charge in [-0.15, -0.1) is 6.58 Å². The lowest BCUT2D eigenvalue weighted by atomic mass is 10.1. The third-order valence-electron chi connectivity index (χ3n) is 2.01. The van der Waals surface area contributed by atoms with Gasteiger partial charge in [-0.05, 0) is 12.8 Å². The molecule has 0 heteroatoms. The molecule has 0 aromatic carbocycles. The summed E-state index contributed by atoms with van der Waals surface area (Å²) in [7, 11) is 0. The number of allylic oxidation sites excluding steroid dienone is 1. The van der Waals surface area contributed by atoms with Crippen molar-refractivity contribution < 1.29 is 0 Å². The van der Waals surface area contributed by atoms with Crippen LogP contribution in [0.15, 0.2) is 12.7 Å². The number of rotatable bonds is 8. The van der Waals surface area contributed by atoms with Crippen LogP contribution in [0.4, 0.5) is 0 Å². The highest BCUT2D eigenvalue weighted by molar-refractivity contribution is 4.65. The van der Waals surface area contributed by atoms with Crippen molar-refractivity contribution >= 4 is 0 Å². The molecule has 0 saturated heterocycles. The van der Waals surface area contributed by atoms with Crippen LogP contribution in [0.2, 0.25) is 0 Å². The lowest BCUT2D eigenvalue weighted by Gasteiger charge is -1.98. The third-order valence-corrected chi connectivity index (χ3v) is 2.01. The number of unbranched alkanes of at least 4 members (excludes halogenated alkanes) is 7. The van der Waals surface area contributed by atoms with E-state index < -0.39 is 0 Å². The standard InChI is InChI=1S/C11H22.C/c1-3-5-7-9-11-10-8-6-4-2;/h3H,1,4-11H2,2H3;. The molecule has 0 aromatic rings. The molecule has 0 aliphatic rings. The third kappa shape index (κ3) is 12.4. The van der Waals surface area contributed by atoms with Crippen LogP contribution in [-0.4, -0.2) is 0 Å². The van der Waals surface area contributed by atoms with Gasteiger partial charge in [0.05, 0.1) is 0 Å². The first-order valence-electron chi connectivity index (χ1n) is 5.02. The minimum atomic E-state index is 0. The second-order valence-electron chi connectivity index (χ2n) is 3.20. The van der Waals surface area contributed by atoms with Crippen LogP contribution in [0, 0.1) is 7.43 Å². The molecule has 0 aliphatic carbocycles. The fraction of sp³-hybridized carbons (Fsp3) is 0.750. The van der Waals surface area contributed by atoms with Gasteiger partial charge in [0.15, 0.2) is 0 Å². The summed E-state index contributed by atoms with van der Waals surface area (Å²) >= 11 is 0. The van der Waals surface area contributed by atoms with Crippen LogP contribution in [0.5, 0.6) is 0 Å². The molecule has 0 heterocycles. The molecule has 0 bridgehead atoms. The summed E-state index contributed by atoms with van der Waals surface area (Å²) in [5.41, 5.74) is 0. The van der Waals surface area contributed by atoms with Crippen molar-refractivity contribution in [2.24, 2.45) is 0 Å². The molecule has 0 N–H and O–H groups in total. The maximum atomic E-state index is 3.71. The SMILES string of the molecule is C=CCCCCCCCCC.[C]. The maximum absolute atomic E-state index is 3.71. The van der Waals surface area contributed by atoms with Gasteiger partial charge < -0.3 is 0 Å². The quantitative estimate of drug-likeness (QED) is 0.370. The van der Waals surface area contributed by atoms with Crippen molar-refractivity contribution in [2.45, 2.75) is 58.3 Å². The summed E-state index contributed by atoms with van der Waals surface area (Å²) in [5.74, 6) is 0. The zero-order valence-electron chi connectivity index (χ0n) is 8.44. The van der Waals surface area contributed by atoms with Gasteiger partial charge in [0.1, 0.15) is 0 Å². The zero-order chi connectivity index (χ0) is 8.36. The second kappa shape index (κ2) is 13.3. The highest BCUT2D eigenvalue weighted by atomic mass is 13.9. The fourth-order valence-corrected chi connectivity index (χ4v) is 1.25. The fourth-order valence-electron chi connectivity index (χ4n) is 1.25. The predicted octanol–water partition coefficient (Wildman–Crippen LogP) is 4.39. The van der Waals surface area contributed by atoms with E-state index in [1.165, 1.54) is 51.4 Å². The summed E-state index contributed by atoms with van der Waals surface area (Å²) < 4.78 is 0. The van der Waals surface area contributed by atoms with Gasteiger partial charge in [0.25, 0.3) is 0 Å². The van der Waals surface area contributed by atoms with Crippen molar-refractivity contribution in [1.82, 2.24) is 0 Å². The van der Waals surface area contributed by atoms with Crippen LogP contribution in [0.1, 0.15) is 58.3 Å². The van der Waals surface area contributed by atoms with Gasteiger partial charge in [0.2, 0.25) is 0 Å². The van der Waals surface area contributed by atoms with E-state index in [0.717, 1.165) is 0 Å². The smallest absolute Gasteiger partial charge is 0 e. The van der Waals surface area contributed by atoms with Crippen molar-refractivity contribution in [3.05, 3.63) is 20.1 Å². The molecule has 0 aromatic heterocycles. The summed E-state index contributed by atoms with van der Waals surface area (Å²) in [4.78, 5) is 0. The van der Waals surface area contributed by atoms with E-state index in [1.807, 2.05) is 6.08 Å². The molecule has 0 unspecified atom stereocenters. The van der Waals surface area contributed by atoms with Gasteiger partial charge in [-0.1, -0.05) is 51.5 Å². The first-order valence-corrected chi connectivity index (χ1v) is 5.02. The van der Waals surface area contributed by atoms with Gasteiger partial charge in [-0.3, -0.25) is 0 Å². The Balaban J connectivity index is 0. The molecule has 0 amide bonds. The Hall–Kier alpha value is -0.260. The van der Waals surface area contributed by atoms with Gasteiger partial charge in [-0.25, -0.2) is 0 Å². The molecule has 4 radical (unpaired) electrons. The average Bonchev–Trinajstić information content (AvgIpc) is 2.03. The van der Waals surface area contributed by atoms with E-state index in [9.17, 15) is 0 Å². The molecule has 0 spiro atoms. The Morgan fingerprint density at radius 1 is 0.917 bits per heavy atom.